The van der Waals surface area contributed by atoms with Crippen molar-refractivity contribution < 1.29 is 23.2 Å². The van der Waals surface area contributed by atoms with Gasteiger partial charge in [-0.1, -0.05) is 25.1 Å². The number of carbonyl (C=O) groups excluding carboxylic acids is 1. The Labute approximate surface area is 188 Å². The van der Waals surface area contributed by atoms with Gasteiger partial charge in [0.15, 0.2) is 5.82 Å². The molecule has 1 aliphatic heterocycles. The molecule has 0 bridgehead atoms. The fourth-order valence-electron chi connectivity index (χ4n) is 4.61. The number of nitrogens with zero attached hydrogens (tertiary/aromatic N) is 3. The predicted octanol–water partition coefficient (Wildman–Crippen LogP) is 4.37. The van der Waals surface area contributed by atoms with Gasteiger partial charge in [-0.05, 0) is 55.1 Å². The molecule has 1 saturated heterocycles. The Morgan fingerprint density at radius 2 is 2.09 bits per heavy atom. The van der Waals surface area contributed by atoms with Gasteiger partial charge in [0, 0.05) is 25.1 Å². The average Bonchev–Trinajstić information content (AvgIpc) is 3.38. The number of hydrogen-bond donors (Lipinski definition) is 0. The maximum Gasteiger partial charge on any atom is 0.324 e. The lowest BCUT2D eigenvalue weighted by Gasteiger charge is -2.30. The number of piperidine rings is 1. The molecule has 2 atom stereocenters. The lowest BCUT2D eigenvalue weighted by Crippen LogP contribution is -2.34. The molecule has 0 spiro atoms. The molecule has 2 fully saturated rings. The molecule has 4 rings (SSSR count). The van der Waals surface area contributed by atoms with Gasteiger partial charge in [-0.3, -0.25) is 4.79 Å². The fraction of sp³-hybridized carbons (Fsp3) is 0.625. The van der Waals surface area contributed by atoms with Crippen LogP contribution < -0.4 is 9.64 Å². The van der Waals surface area contributed by atoms with Gasteiger partial charge in [-0.2, -0.15) is 4.98 Å². The van der Waals surface area contributed by atoms with Crippen molar-refractivity contribution in [2.75, 3.05) is 31.7 Å². The van der Waals surface area contributed by atoms with Crippen LogP contribution in [-0.2, 0) is 16.0 Å². The summed E-state index contributed by atoms with van der Waals surface area (Å²) in [6.07, 6.45) is 4.45. The van der Waals surface area contributed by atoms with E-state index in [1.807, 2.05) is 0 Å². The molecule has 0 radical (unpaired) electrons. The van der Waals surface area contributed by atoms with Crippen LogP contribution in [0.25, 0.3) is 0 Å². The van der Waals surface area contributed by atoms with Crippen LogP contribution in [0.1, 0.15) is 56.8 Å². The summed E-state index contributed by atoms with van der Waals surface area (Å²) in [5, 5.41) is 4.07. The van der Waals surface area contributed by atoms with Gasteiger partial charge >= 0.3 is 12.0 Å². The third-order valence-electron chi connectivity index (χ3n) is 6.68. The lowest BCUT2D eigenvalue weighted by molar-refractivity contribution is -0.139. The lowest BCUT2D eigenvalue weighted by atomic mass is 9.90. The summed E-state index contributed by atoms with van der Waals surface area (Å²) in [5.41, 5.74) is 0.318. The molecule has 1 aliphatic carbocycles. The molecule has 0 N–H and O–H groups in total. The predicted molar refractivity (Wildman–Crippen MR) is 117 cm³/mol. The van der Waals surface area contributed by atoms with E-state index in [0.29, 0.717) is 29.9 Å². The number of ether oxygens (including phenoxy) is 2. The Balaban J connectivity index is 1.17. The summed E-state index contributed by atoms with van der Waals surface area (Å²) >= 11 is 0. The molecule has 2 heterocycles. The van der Waals surface area contributed by atoms with Gasteiger partial charge in [0.1, 0.15) is 11.6 Å². The summed E-state index contributed by atoms with van der Waals surface area (Å²) in [5.74, 6) is 2.82. The summed E-state index contributed by atoms with van der Waals surface area (Å²) in [4.78, 5) is 18.0. The molecule has 0 unspecified atom stereocenters. The zero-order valence-corrected chi connectivity index (χ0v) is 19.1. The van der Waals surface area contributed by atoms with Crippen molar-refractivity contribution in [2.24, 2.45) is 17.8 Å². The highest BCUT2D eigenvalue weighted by Gasteiger charge is 2.43. The quantitative estimate of drug-likeness (QED) is 0.531. The average molecular weight is 446 g/mol. The molecule has 0 amide bonds. The Morgan fingerprint density at radius 1 is 1.31 bits per heavy atom. The van der Waals surface area contributed by atoms with Crippen LogP contribution in [-0.4, -0.2) is 42.9 Å². The number of anilines is 1. The van der Waals surface area contributed by atoms with Crippen molar-refractivity contribution >= 4 is 12.0 Å². The van der Waals surface area contributed by atoms with E-state index in [0.717, 1.165) is 50.0 Å². The number of aromatic nitrogens is 2. The van der Waals surface area contributed by atoms with Crippen molar-refractivity contribution in [1.29, 1.82) is 0 Å². The second-order valence-electron chi connectivity index (χ2n) is 9.22. The molecule has 2 aromatic rings. The van der Waals surface area contributed by atoms with Gasteiger partial charge in [0.25, 0.3) is 0 Å². The summed E-state index contributed by atoms with van der Waals surface area (Å²) in [6, 6.07) is 5.30. The van der Waals surface area contributed by atoms with Gasteiger partial charge in [0.05, 0.1) is 20.1 Å². The Morgan fingerprint density at radius 3 is 2.75 bits per heavy atom. The third-order valence-corrected chi connectivity index (χ3v) is 6.68. The molecule has 174 valence electrons. The van der Waals surface area contributed by atoms with Crippen molar-refractivity contribution in [3.05, 3.63) is 35.4 Å². The highest BCUT2D eigenvalue weighted by Crippen LogP contribution is 2.50. The second-order valence-corrected chi connectivity index (χ2v) is 9.22. The van der Waals surface area contributed by atoms with Crippen molar-refractivity contribution in [3.8, 4) is 5.75 Å². The van der Waals surface area contributed by atoms with E-state index < -0.39 is 11.8 Å². The van der Waals surface area contributed by atoms with Crippen LogP contribution in [0.15, 0.2) is 22.7 Å². The third kappa shape index (κ3) is 5.40. The monoisotopic (exact) mass is 445 g/mol. The van der Waals surface area contributed by atoms with Crippen molar-refractivity contribution in [1.82, 2.24) is 10.1 Å². The zero-order valence-electron chi connectivity index (χ0n) is 19.1. The molecule has 8 heteroatoms. The summed E-state index contributed by atoms with van der Waals surface area (Å²) < 4.78 is 29.9. The number of hydrogen-bond acceptors (Lipinski definition) is 7. The van der Waals surface area contributed by atoms with Crippen LogP contribution >= 0.6 is 0 Å². The Hall–Kier alpha value is -2.64. The first-order valence-corrected chi connectivity index (χ1v) is 11.5. The van der Waals surface area contributed by atoms with E-state index in [9.17, 15) is 9.18 Å². The highest BCUT2D eigenvalue weighted by molar-refractivity contribution is 5.72. The first kappa shape index (κ1) is 22.6. The van der Waals surface area contributed by atoms with E-state index in [1.165, 1.54) is 19.6 Å². The van der Waals surface area contributed by atoms with E-state index in [-0.39, 0.29) is 12.3 Å². The molecular weight excluding hydrogens is 413 g/mol. The highest BCUT2D eigenvalue weighted by atomic mass is 19.1. The number of benzene rings is 1. The maximum atomic E-state index is 14.1. The van der Waals surface area contributed by atoms with Crippen LogP contribution in [0.2, 0.25) is 0 Å². The fourth-order valence-corrected chi connectivity index (χ4v) is 4.61. The number of methoxy groups -OCH3 is 1. The normalized spacial score (nSPS) is 21.1. The molecule has 1 saturated carbocycles. The number of carbonyl (C=O) groups is 1. The van der Waals surface area contributed by atoms with Crippen LogP contribution in [0.4, 0.5) is 10.4 Å². The number of halogens is 1. The van der Waals surface area contributed by atoms with Crippen molar-refractivity contribution in [2.45, 2.75) is 51.9 Å². The van der Waals surface area contributed by atoms with Gasteiger partial charge in [-0.15, -0.1) is 0 Å². The Bertz CT molecular complexity index is 924. The summed E-state index contributed by atoms with van der Waals surface area (Å²) in [6.45, 7) is 6.63. The van der Waals surface area contributed by atoms with Gasteiger partial charge in [-0.25, -0.2) is 4.39 Å². The minimum absolute atomic E-state index is 0.0728. The largest absolute Gasteiger partial charge is 0.493 e. The van der Waals surface area contributed by atoms with Gasteiger partial charge in [0.2, 0.25) is 0 Å². The molecule has 7 nitrogen and oxygen atoms in total. The zero-order chi connectivity index (χ0) is 22.7. The maximum absolute atomic E-state index is 14.1. The molecule has 2 aliphatic rings. The molecule has 1 aromatic heterocycles. The first-order chi connectivity index (χ1) is 15.4. The molecular formula is C24H32FN3O4. The number of rotatable bonds is 9. The first-order valence-electron chi connectivity index (χ1n) is 11.5. The minimum Gasteiger partial charge on any atom is -0.493 e. The molecule has 1 aromatic carbocycles. The van der Waals surface area contributed by atoms with E-state index in [2.05, 4.69) is 33.6 Å². The number of esters is 1. The van der Waals surface area contributed by atoms with Crippen LogP contribution in [0.3, 0.4) is 0 Å². The topological polar surface area (TPSA) is 77.7 Å². The van der Waals surface area contributed by atoms with Crippen LogP contribution in [0.5, 0.6) is 5.75 Å². The van der Waals surface area contributed by atoms with E-state index >= 15 is 0 Å². The molecule has 32 heavy (non-hydrogen) atoms. The smallest absolute Gasteiger partial charge is 0.324 e. The van der Waals surface area contributed by atoms with E-state index in [4.69, 9.17) is 9.26 Å². The Kier molecular flexibility index (Phi) is 6.96. The SMILES string of the molecule is COC(=O)Cc1ccc(OCC[C@@H]2C[C@@H]2C2CCN(c3nc(C(C)C)no3)CC2)cc1F. The van der Waals surface area contributed by atoms with Crippen LogP contribution in [0, 0.1) is 23.6 Å². The standard InChI is InChI=1S/C24H32FN3O4/c1-15(2)23-26-24(32-27-23)28-9-6-16(7-10-28)20-12-17(20)8-11-31-19-5-4-18(21(25)14-19)13-22(29)30-3/h4-5,14-17,20H,6-13H2,1-3H3/t17-,20-/m1/s1. The van der Waals surface area contributed by atoms with Crippen molar-refractivity contribution in [3.63, 3.8) is 0 Å². The minimum atomic E-state index is -0.458. The summed E-state index contributed by atoms with van der Waals surface area (Å²) in [7, 11) is 1.29. The van der Waals surface area contributed by atoms with E-state index in [1.54, 1.807) is 12.1 Å². The second kappa shape index (κ2) is 9.88. The van der Waals surface area contributed by atoms with Gasteiger partial charge < -0.3 is 18.9 Å².